The first-order chi connectivity index (χ1) is 5.45. The Morgan fingerprint density at radius 2 is 2.08 bits per heavy atom. The molecule has 0 aromatic rings. The lowest BCUT2D eigenvalue weighted by molar-refractivity contribution is -0.0157. The maximum absolute atomic E-state index is 11.5. The summed E-state index contributed by atoms with van der Waals surface area (Å²) in [6, 6.07) is 0.606. The smallest absolute Gasteiger partial charge is 0.0443 e. The second-order valence-corrected chi connectivity index (χ2v) is 7.03. The van der Waals surface area contributed by atoms with Crippen LogP contribution in [0.3, 0.4) is 0 Å². The van der Waals surface area contributed by atoms with Crippen LogP contribution in [0, 0.1) is 0 Å². The van der Waals surface area contributed by atoms with Gasteiger partial charge in [-0.3, -0.25) is 9.11 Å². The minimum absolute atomic E-state index is 0.312. The molecule has 0 unspecified atom stereocenters. The molecule has 0 N–H and O–H groups in total. The summed E-state index contributed by atoms with van der Waals surface area (Å²) < 4.78 is 11.5. The third-order valence-electron chi connectivity index (χ3n) is 3.11. The van der Waals surface area contributed by atoms with Crippen LogP contribution >= 0.6 is 0 Å². The molecule has 0 aromatic heterocycles. The molecule has 0 bridgehead atoms. The summed E-state index contributed by atoms with van der Waals surface area (Å²) in [5.41, 5.74) is 0.312. The summed E-state index contributed by atoms with van der Waals surface area (Å²) in [4.78, 5) is 2.47. The number of rotatable bonds is 1. The van der Waals surface area contributed by atoms with E-state index in [-0.39, 0.29) is 0 Å². The first kappa shape index (κ1) is 8.57. The molecule has 0 amide bonds. The van der Waals surface area contributed by atoms with Crippen molar-refractivity contribution >= 4 is 15.4 Å². The summed E-state index contributed by atoms with van der Waals surface area (Å²) >= 11 is 0. The highest BCUT2D eigenvalue weighted by atomic mass is 32.2. The molecule has 0 saturated carbocycles. The van der Waals surface area contributed by atoms with Crippen molar-refractivity contribution in [2.45, 2.75) is 31.8 Å². The zero-order valence-corrected chi connectivity index (χ0v) is 8.69. The van der Waals surface area contributed by atoms with Crippen molar-refractivity contribution in [2.24, 2.45) is 0 Å². The zero-order chi connectivity index (χ0) is 8.98. The van der Waals surface area contributed by atoms with Gasteiger partial charge in [0.05, 0.1) is 0 Å². The van der Waals surface area contributed by atoms with E-state index in [0.717, 1.165) is 11.5 Å². The fraction of sp³-hybridized carbons (Fsp3) is 0.889. The average molecular weight is 187 g/mol. The van der Waals surface area contributed by atoms with Crippen LogP contribution in [0.4, 0.5) is 0 Å². The molecule has 12 heavy (non-hydrogen) atoms. The van der Waals surface area contributed by atoms with Gasteiger partial charge in [-0.2, -0.15) is 0 Å². The molecule has 2 fully saturated rings. The van der Waals surface area contributed by atoms with Gasteiger partial charge >= 0.3 is 0 Å². The van der Waals surface area contributed by atoms with Crippen molar-refractivity contribution in [3.63, 3.8) is 0 Å². The van der Waals surface area contributed by atoms with E-state index in [0.29, 0.717) is 11.6 Å². The minimum Gasteiger partial charge on any atom is -0.293 e. The van der Waals surface area contributed by atoms with Gasteiger partial charge in [0, 0.05) is 29.6 Å². The van der Waals surface area contributed by atoms with Crippen LogP contribution in [0.25, 0.3) is 0 Å². The molecule has 70 valence electrons. The van der Waals surface area contributed by atoms with E-state index in [2.05, 4.69) is 24.6 Å². The third kappa shape index (κ3) is 1.03. The topological polar surface area (TPSA) is 20.3 Å². The first-order valence-corrected chi connectivity index (χ1v) is 6.61. The largest absolute Gasteiger partial charge is 0.293 e. The molecular formula is C9H17NOS. The van der Waals surface area contributed by atoms with Gasteiger partial charge in [-0.1, -0.05) is 0 Å². The summed E-state index contributed by atoms with van der Waals surface area (Å²) in [5.74, 6) is 5.44. The Hall–Kier alpha value is -0.0200. The number of nitrogens with zero attached hydrogens (tertiary/aromatic N) is 1. The van der Waals surface area contributed by atoms with Crippen molar-refractivity contribution < 1.29 is 4.21 Å². The lowest BCUT2D eigenvalue weighted by Gasteiger charge is -2.61. The highest BCUT2D eigenvalue weighted by Crippen LogP contribution is 2.41. The number of hydrogen-bond donors (Lipinski definition) is 0. The van der Waals surface area contributed by atoms with Gasteiger partial charge in [0.15, 0.2) is 0 Å². The van der Waals surface area contributed by atoms with Crippen molar-refractivity contribution in [2.75, 3.05) is 18.1 Å². The van der Waals surface area contributed by atoms with Crippen LogP contribution in [0.15, 0.2) is 0 Å². The quantitative estimate of drug-likeness (QED) is 0.559. The summed E-state index contributed by atoms with van der Waals surface area (Å²) in [7, 11) is -1.66. The van der Waals surface area contributed by atoms with E-state index in [1.807, 2.05) is 0 Å². The Labute approximate surface area is 75.0 Å². The average Bonchev–Trinajstić information content (AvgIpc) is 1.77. The van der Waals surface area contributed by atoms with Crippen molar-refractivity contribution in [3.05, 3.63) is 0 Å². The van der Waals surface area contributed by atoms with E-state index >= 15 is 0 Å². The Morgan fingerprint density at radius 1 is 1.50 bits per heavy atom. The SMILES string of the molecule is C=S1(=O)CC2(CCN2C(C)C)C1. The Kier molecular flexibility index (Phi) is 1.62. The first-order valence-electron chi connectivity index (χ1n) is 4.55. The van der Waals surface area contributed by atoms with Crippen molar-refractivity contribution in [1.82, 2.24) is 4.90 Å². The van der Waals surface area contributed by atoms with E-state index in [9.17, 15) is 4.21 Å². The second kappa shape index (κ2) is 2.26. The lowest BCUT2D eigenvalue weighted by Crippen LogP contribution is -2.74. The third-order valence-corrected chi connectivity index (χ3v) is 5.24. The molecule has 3 heteroatoms. The maximum atomic E-state index is 11.5. The van der Waals surface area contributed by atoms with Crippen molar-refractivity contribution in [3.8, 4) is 0 Å². The molecule has 0 atom stereocenters. The normalized spacial score (nSPS) is 47.6. The Morgan fingerprint density at radius 3 is 2.33 bits per heavy atom. The second-order valence-electron chi connectivity index (χ2n) is 4.52. The van der Waals surface area contributed by atoms with Crippen LogP contribution < -0.4 is 0 Å². The molecule has 1 spiro atoms. The summed E-state index contributed by atoms with van der Waals surface area (Å²) in [6.45, 7) is 5.61. The lowest BCUT2D eigenvalue weighted by atomic mass is 9.86. The summed E-state index contributed by atoms with van der Waals surface area (Å²) in [6.07, 6.45) is 1.23. The highest BCUT2D eigenvalue weighted by Gasteiger charge is 2.54. The van der Waals surface area contributed by atoms with E-state index in [4.69, 9.17) is 0 Å². The van der Waals surface area contributed by atoms with Gasteiger partial charge < -0.3 is 0 Å². The predicted molar refractivity (Wildman–Crippen MR) is 54.2 cm³/mol. The fourth-order valence-electron chi connectivity index (χ4n) is 2.61. The minimum atomic E-state index is -1.66. The predicted octanol–water partition coefficient (Wildman–Crippen LogP) is 0.569. The number of hydrogen-bond acceptors (Lipinski definition) is 2. The molecular weight excluding hydrogens is 170 g/mol. The Bertz CT molecular complexity index is 280. The molecule has 0 aromatic carbocycles. The molecule has 0 aliphatic carbocycles. The van der Waals surface area contributed by atoms with Gasteiger partial charge in [-0.25, -0.2) is 0 Å². The fourth-order valence-corrected chi connectivity index (χ4v) is 5.10. The Balaban J connectivity index is 2.08. The van der Waals surface area contributed by atoms with Crippen LogP contribution in [0.2, 0.25) is 0 Å². The van der Waals surface area contributed by atoms with Gasteiger partial charge in [-0.15, -0.1) is 0 Å². The monoisotopic (exact) mass is 187 g/mol. The molecule has 2 rings (SSSR count). The molecule has 2 heterocycles. The molecule has 2 aliphatic rings. The molecule has 2 nitrogen and oxygen atoms in total. The standard InChI is InChI=1S/C9H17NOS/c1-8(2)10-5-4-9(10)6-12(3,11)7-9/h8H,3-7H2,1-2H3. The van der Waals surface area contributed by atoms with Gasteiger partial charge in [0.2, 0.25) is 0 Å². The molecule has 2 aliphatic heterocycles. The van der Waals surface area contributed by atoms with E-state index in [1.165, 1.54) is 13.0 Å². The van der Waals surface area contributed by atoms with Crippen LogP contribution in [0.5, 0.6) is 0 Å². The van der Waals surface area contributed by atoms with Gasteiger partial charge in [-0.05, 0) is 35.7 Å². The van der Waals surface area contributed by atoms with E-state index < -0.39 is 9.52 Å². The van der Waals surface area contributed by atoms with Crippen LogP contribution in [0.1, 0.15) is 20.3 Å². The van der Waals surface area contributed by atoms with Crippen LogP contribution in [-0.2, 0) is 9.52 Å². The van der Waals surface area contributed by atoms with Crippen LogP contribution in [-0.4, -0.2) is 44.6 Å². The van der Waals surface area contributed by atoms with Gasteiger partial charge in [0.1, 0.15) is 0 Å². The number of likely N-dealkylation sites (tertiary alicyclic amines) is 1. The van der Waals surface area contributed by atoms with E-state index in [1.54, 1.807) is 0 Å². The van der Waals surface area contributed by atoms with Gasteiger partial charge in [0.25, 0.3) is 0 Å². The highest BCUT2D eigenvalue weighted by molar-refractivity contribution is 8.01. The zero-order valence-electron chi connectivity index (χ0n) is 7.88. The maximum Gasteiger partial charge on any atom is 0.0443 e. The van der Waals surface area contributed by atoms with Crippen molar-refractivity contribution in [1.29, 1.82) is 0 Å². The molecule has 0 radical (unpaired) electrons. The molecule has 2 saturated heterocycles. The summed E-state index contributed by atoms with van der Waals surface area (Å²) in [5, 5.41) is 0.